The van der Waals surface area contributed by atoms with Gasteiger partial charge in [0.25, 0.3) is 0 Å². The molecular formula is C26H22N6O3. The van der Waals surface area contributed by atoms with Crippen LogP contribution < -0.4 is 15.4 Å². The number of fused-ring (bicyclic) bond motifs is 1. The van der Waals surface area contributed by atoms with E-state index in [1.54, 1.807) is 30.6 Å². The summed E-state index contributed by atoms with van der Waals surface area (Å²) in [4.78, 5) is 28.8. The number of carbonyl (C=O) groups excluding carboxylic acids is 1. The van der Waals surface area contributed by atoms with E-state index in [9.17, 15) is 4.79 Å². The quantitative estimate of drug-likeness (QED) is 0.267. The smallest absolute Gasteiger partial charge is 0.339 e. The Bertz CT molecular complexity index is 1450. The van der Waals surface area contributed by atoms with Gasteiger partial charge in [0.2, 0.25) is 5.95 Å². The number of H-pyrrole nitrogens is 1. The molecule has 9 heteroatoms. The first-order valence-corrected chi connectivity index (χ1v) is 10.9. The van der Waals surface area contributed by atoms with Gasteiger partial charge in [-0.25, -0.2) is 9.78 Å². The lowest BCUT2D eigenvalue weighted by atomic mass is 10.2. The number of nitrogens with zero attached hydrogens (tertiary/aromatic N) is 3. The summed E-state index contributed by atoms with van der Waals surface area (Å²) >= 11 is 0. The van der Waals surface area contributed by atoms with Gasteiger partial charge >= 0.3 is 5.97 Å². The molecule has 0 spiro atoms. The van der Waals surface area contributed by atoms with Crippen LogP contribution in [0.15, 0.2) is 85.2 Å². The van der Waals surface area contributed by atoms with Crippen LogP contribution in [0.25, 0.3) is 11.0 Å². The molecule has 2 aromatic carbocycles. The van der Waals surface area contributed by atoms with Gasteiger partial charge in [-0.2, -0.15) is 4.98 Å². The summed E-state index contributed by atoms with van der Waals surface area (Å²) in [7, 11) is 1.35. The predicted octanol–water partition coefficient (Wildman–Crippen LogP) is 5.21. The first-order chi connectivity index (χ1) is 17.2. The number of aromatic amines is 1. The molecule has 3 N–H and O–H groups in total. The molecule has 0 unspecified atom stereocenters. The van der Waals surface area contributed by atoms with Gasteiger partial charge in [-0.05, 0) is 54.6 Å². The average molecular weight is 467 g/mol. The largest absolute Gasteiger partial charge is 0.487 e. The number of aromatic nitrogens is 4. The zero-order valence-electron chi connectivity index (χ0n) is 18.9. The van der Waals surface area contributed by atoms with Gasteiger partial charge in [-0.1, -0.05) is 18.2 Å². The third-order valence-corrected chi connectivity index (χ3v) is 5.21. The van der Waals surface area contributed by atoms with Gasteiger partial charge in [0.15, 0.2) is 5.82 Å². The fraction of sp³-hybridized carbons (Fsp3) is 0.0769. The van der Waals surface area contributed by atoms with Crippen molar-refractivity contribution >= 4 is 40.1 Å². The maximum absolute atomic E-state index is 12.2. The van der Waals surface area contributed by atoms with Gasteiger partial charge in [-0.3, -0.25) is 4.98 Å². The minimum Gasteiger partial charge on any atom is -0.487 e. The van der Waals surface area contributed by atoms with Crippen molar-refractivity contribution in [3.63, 3.8) is 0 Å². The topological polar surface area (TPSA) is 114 Å². The highest BCUT2D eigenvalue weighted by atomic mass is 16.5. The van der Waals surface area contributed by atoms with Crippen LogP contribution in [0.1, 0.15) is 16.1 Å². The number of nitrogens with one attached hydrogen (secondary N) is 3. The molecule has 35 heavy (non-hydrogen) atoms. The maximum atomic E-state index is 12.2. The van der Waals surface area contributed by atoms with Crippen molar-refractivity contribution in [2.24, 2.45) is 0 Å². The molecule has 0 aliphatic heterocycles. The van der Waals surface area contributed by atoms with Crippen LogP contribution in [0.2, 0.25) is 0 Å². The maximum Gasteiger partial charge on any atom is 0.339 e. The zero-order chi connectivity index (χ0) is 24.0. The van der Waals surface area contributed by atoms with E-state index in [0.717, 1.165) is 22.6 Å². The van der Waals surface area contributed by atoms with Crippen LogP contribution in [0, 0.1) is 0 Å². The normalized spacial score (nSPS) is 10.7. The van der Waals surface area contributed by atoms with Crippen molar-refractivity contribution < 1.29 is 14.3 Å². The van der Waals surface area contributed by atoms with E-state index in [0.29, 0.717) is 35.1 Å². The summed E-state index contributed by atoms with van der Waals surface area (Å²) in [5.41, 5.74) is 4.07. The summed E-state index contributed by atoms with van der Waals surface area (Å²) in [6.45, 7) is 0.392. The SMILES string of the molecule is COC(=O)c1ccccc1Nc1nc(Nc2ccc(OCc3ccccn3)cc2)nc2cc[nH]c12. The lowest BCUT2D eigenvalue weighted by Crippen LogP contribution is -2.07. The van der Waals surface area contributed by atoms with Crippen LogP contribution in [0.5, 0.6) is 5.75 Å². The molecule has 0 saturated heterocycles. The lowest BCUT2D eigenvalue weighted by Gasteiger charge is -2.13. The van der Waals surface area contributed by atoms with Crippen LogP contribution in [0.4, 0.5) is 23.1 Å². The van der Waals surface area contributed by atoms with E-state index >= 15 is 0 Å². The van der Waals surface area contributed by atoms with E-state index in [1.807, 2.05) is 54.6 Å². The second kappa shape index (κ2) is 9.92. The molecule has 0 radical (unpaired) electrons. The van der Waals surface area contributed by atoms with Crippen molar-refractivity contribution in [3.8, 4) is 5.75 Å². The Morgan fingerprint density at radius 1 is 0.943 bits per heavy atom. The van der Waals surface area contributed by atoms with Crippen molar-refractivity contribution in [3.05, 3.63) is 96.4 Å². The second-order valence-electron chi connectivity index (χ2n) is 7.56. The number of rotatable bonds is 8. The number of hydrogen-bond donors (Lipinski definition) is 3. The molecule has 5 aromatic rings. The van der Waals surface area contributed by atoms with Crippen LogP contribution in [0.3, 0.4) is 0 Å². The highest BCUT2D eigenvalue weighted by Crippen LogP contribution is 2.28. The number of benzene rings is 2. The number of hydrogen-bond acceptors (Lipinski definition) is 8. The molecule has 3 aromatic heterocycles. The van der Waals surface area contributed by atoms with Crippen LogP contribution >= 0.6 is 0 Å². The number of carbonyl (C=O) groups is 1. The summed E-state index contributed by atoms with van der Waals surface area (Å²) < 4.78 is 10.7. The molecule has 0 atom stereocenters. The Kier molecular flexibility index (Phi) is 6.21. The van der Waals surface area contributed by atoms with E-state index in [-0.39, 0.29) is 0 Å². The molecule has 3 heterocycles. The summed E-state index contributed by atoms with van der Waals surface area (Å²) in [5.74, 6) is 1.21. The number of methoxy groups -OCH3 is 1. The van der Waals surface area contributed by atoms with Gasteiger partial charge in [0, 0.05) is 18.1 Å². The number of ether oxygens (including phenoxy) is 2. The second-order valence-corrected chi connectivity index (χ2v) is 7.56. The molecule has 0 saturated carbocycles. The summed E-state index contributed by atoms with van der Waals surface area (Å²) in [6.07, 6.45) is 3.53. The summed E-state index contributed by atoms with van der Waals surface area (Å²) in [5, 5.41) is 6.46. The van der Waals surface area contributed by atoms with Crippen molar-refractivity contribution in [1.29, 1.82) is 0 Å². The fourth-order valence-electron chi connectivity index (χ4n) is 3.50. The molecule has 0 aliphatic carbocycles. The lowest BCUT2D eigenvalue weighted by molar-refractivity contribution is 0.0602. The molecule has 9 nitrogen and oxygen atoms in total. The highest BCUT2D eigenvalue weighted by molar-refractivity contribution is 5.98. The van der Waals surface area contributed by atoms with Gasteiger partial charge in [-0.15, -0.1) is 0 Å². The Balaban J connectivity index is 1.35. The van der Waals surface area contributed by atoms with Gasteiger partial charge in [0.05, 0.1) is 29.6 Å². The minimum atomic E-state index is -0.436. The number of pyridine rings is 1. The molecule has 0 bridgehead atoms. The average Bonchev–Trinajstić information content (AvgIpc) is 3.38. The van der Waals surface area contributed by atoms with Crippen molar-refractivity contribution in [2.45, 2.75) is 6.61 Å². The first kappa shape index (κ1) is 21.9. The van der Waals surface area contributed by atoms with Gasteiger partial charge < -0.3 is 25.1 Å². The van der Waals surface area contributed by atoms with E-state index in [1.165, 1.54) is 7.11 Å². The van der Waals surface area contributed by atoms with E-state index < -0.39 is 5.97 Å². The Morgan fingerprint density at radius 3 is 2.57 bits per heavy atom. The summed E-state index contributed by atoms with van der Waals surface area (Å²) in [6, 6.07) is 22.2. The Morgan fingerprint density at radius 2 is 1.77 bits per heavy atom. The van der Waals surface area contributed by atoms with Crippen molar-refractivity contribution in [1.82, 2.24) is 19.9 Å². The van der Waals surface area contributed by atoms with E-state index in [2.05, 4.69) is 30.6 Å². The molecular weight excluding hydrogens is 444 g/mol. The van der Waals surface area contributed by atoms with Crippen molar-refractivity contribution in [2.75, 3.05) is 17.7 Å². The first-order valence-electron chi connectivity index (χ1n) is 10.9. The Hall–Kier alpha value is -4.92. The minimum absolute atomic E-state index is 0.392. The zero-order valence-corrected chi connectivity index (χ0v) is 18.9. The van der Waals surface area contributed by atoms with E-state index in [4.69, 9.17) is 9.47 Å². The molecule has 0 aliphatic rings. The third-order valence-electron chi connectivity index (χ3n) is 5.21. The molecule has 0 fully saturated rings. The van der Waals surface area contributed by atoms with Crippen LogP contribution in [-0.2, 0) is 11.3 Å². The van der Waals surface area contributed by atoms with Gasteiger partial charge in [0.1, 0.15) is 17.9 Å². The number of para-hydroxylation sites is 1. The Labute approximate surface area is 201 Å². The predicted molar refractivity (Wildman–Crippen MR) is 133 cm³/mol. The number of anilines is 4. The molecule has 174 valence electrons. The monoisotopic (exact) mass is 466 g/mol. The molecule has 5 rings (SSSR count). The highest BCUT2D eigenvalue weighted by Gasteiger charge is 2.15. The third kappa shape index (κ3) is 5.03. The molecule has 0 amide bonds. The number of esters is 1. The fourth-order valence-corrected chi connectivity index (χ4v) is 3.50. The standard InChI is InChI=1S/C26H22N6O3/c1-34-25(33)20-7-2-3-8-21(20)30-24-23-22(13-15-28-23)31-26(32-24)29-17-9-11-19(12-10-17)35-16-18-6-4-5-14-27-18/h2-15,28H,16H2,1H3,(H2,29,30,31,32). The van der Waals surface area contributed by atoms with Crippen LogP contribution in [-0.4, -0.2) is 33.0 Å².